The summed E-state index contributed by atoms with van der Waals surface area (Å²) >= 11 is 10.8. The van der Waals surface area contributed by atoms with Crippen molar-refractivity contribution in [3.05, 3.63) is 0 Å². The third kappa shape index (κ3) is 5.36. The van der Waals surface area contributed by atoms with Gasteiger partial charge >= 0.3 is 7.67 Å². The summed E-state index contributed by atoms with van der Waals surface area (Å²) in [6, 6.07) is 0. The molecule has 7 heteroatoms. The fraction of sp³-hybridized carbons (Fsp3) is 1.00. The van der Waals surface area contributed by atoms with Gasteiger partial charge < -0.3 is 4.52 Å². The number of halogens is 2. The molecular weight excluding hydrogens is 222 g/mol. The van der Waals surface area contributed by atoms with E-state index in [2.05, 4.69) is 10.2 Å². The highest BCUT2D eigenvalue weighted by molar-refractivity contribution is 7.54. The Morgan fingerprint density at radius 1 is 1.25 bits per heavy atom. The lowest BCUT2D eigenvalue weighted by atomic mass is 10.8. The smallest absolute Gasteiger partial charge is 0.310 e. The Bertz CT molecular complexity index is 146. The number of hydrogen-bond donors (Lipinski definition) is 2. The highest BCUT2D eigenvalue weighted by Crippen LogP contribution is 2.35. The van der Waals surface area contributed by atoms with Crippen molar-refractivity contribution < 1.29 is 9.09 Å². The summed E-state index contributed by atoms with van der Waals surface area (Å²) in [5.41, 5.74) is 0. The summed E-state index contributed by atoms with van der Waals surface area (Å²) in [5, 5.41) is 5.32. The molecule has 0 spiro atoms. The van der Waals surface area contributed by atoms with Crippen LogP contribution >= 0.6 is 30.9 Å². The minimum atomic E-state index is -2.90. The molecule has 2 N–H and O–H groups in total. The summed E-state index contributed by atoms with van der Waals surface area (Å²) in [6.07, 6.45) is 0. The first-order chi connectivity index (χ1) is 5.68. The molecule has 4 nitrogen and oxygen atoms in total. The second-order valence-corrected chi connectivity index (χ2v) is 4.78. The summed E-state index contributed by atoms with van der Waals surface area (Å²) < 4.78 is 16.3. The van der Waals surface area contributed by atoms with Crippen molar-refractivity contribution in [1.29, 1.82) is 0 Å². The van der Waals surface area contributed by atoms with Gasteiger partial charge in [0.2, 0.25) is 0 Å². The van der Waals surface area contributed by atoms with E-state index in [0.717, 1.165) is 0 Å². The molecule has 0 atom stereocenters. The van der Waals surface area contributed by atoms with Crippen LogP contribution in [0.3, 0.4) is 0 Å². The zero-order chi connectivity index (χ0) is 9.45. The van der Waals surface area contributed by atoms with E-state index in [1.54, 1.807) is 0 Å². The fourth-order valence-electron chi connectivity index (χ4n) is 0.564. The van der Waals surface area contributed by atoms with Gasteiger partial charge in [-0.3, -0.25) is 4.57 Å². The van der Waals surface area contributed by atoms with Crippen molar-refractivity contribution in [3.8, 4) is 0 Å². The van der Waals surface area contributed by atoms with E-state index in [9.17, 15) is 4.57 Å². The number of nitrogens with one attached hydrogen (secondary N) is 2. The van der Waals surface area contributed by atoms with E-state index < -0.39 is 7.67 Å². The van der Waals surface area contributed by atoms with Gasteiger partial charge in [0.25, 0.3) is 0 Å². The molecule has 0 unspecified atom stereocenters. The highest BCUT2D eigenvalue weighted by atomic mass is 35.5. The van der Waals surface area contributed by atoms with Gasteiger partial charge in [0.15, 0.2) is 0 Å². The number of rotatable bonds is 7. The lowest BCUT2D eigenvalue weighted by molar-refractivity contribution is 0.372. The predicted octanol–water partition coefficient (Wildman–Crippen LogP) is 1.40. The maximum atomic E-state index is 11.5. The van der Waals surface area contributed by atoms with Crippen molar-refractivity contribution >= 4 is 30.9 Å². The first-order valence-electron chi connectivity index (χ1n) is 3.46. The number of alkyl halides is 2. The van der Waals surface area contributed by atoms with Crippen LogP contribution in [0.1, 0.15) is 0 Å². The zero-order valence-corrected chi connectivity index (χ0v) is 9.25. The third-order valence-corrected chi connectivity index (χ3v) is 3.26. The van der Waals surface area contributed by atoms with Crippen molar-refractivity contribution in [3.63, 3.8) is 0 Å². The standard InChI is InChI=1S/C5H13Cl2N2O2P/c1-11-12(10,8-4-2-6)9-5-3-7/h2-5H2,1H3,(H2,8,9,10). The first-order valence-corrected chi connectivity index (χ1v) is 6.16. The fourth-order valence-corrected chi connectivity index (χ4v) is 2.20. The molecule has 0 aromatic rings. The Morgan fingerprint density at radius 3 is 1.92 bits per heavy atom. The van der Waals surface area contributed by atoms with Crippen molar-refractivity contribution in [1.82, 2.24) is 10.2 Å². The molecule has 74 valence electrons. The molecule has 0 fully saturated rings. The van der Waals surface area contributed by atoms with E-state index in [4.69, 9.17) is 27.7 Å². The molecule has 0 heterocycles. The summed E-state index contributed by atoms with van der Waals surface area (Å²) in [5.74, 6) is 0.770. The monoisotopic (exact) mass is 234 g/mol. The molecule has 0 aliphatic heterocycles. The Labute approximate surface area is 82.5 Å². The molecule has 12 heavy (non-hydrogen) atoms. The van der Waals surface area contributed by atoms with Crippen LogP contribution in [0.25, 0.3) is 0 Å². The molecule has 0 bridgehead atoms. The third-order valence-electron chi connectivity index (χ3n) is 1.09. The van der Waals surface area contributed by atoms with Crippen LogP contribution < -0.4 is 10.2 Å². The van der Waals surface area contributed by atoms with Crippen LogP contribution in [0, 0.1) is 0 Å². The van der Waals surface area contributed by atoms with Gasteiger partial charge in [0.1, 0.15) is 0 Å². The van der Waals surface area contributed by atoms with Gasteiger partial charge in [0, 0.05) is 32.0 Å². The van der Waals surface area contributed by atoms with Gasteiger partial charge in [-0.1, -0.05) is 0 Å². The second-order valence-electron chi connectivity index (χ2n) is 1.93. The lowest BCUT2D eigenvalue weighted by Gasteiger charge is -2.16. The molecule has 0 aromatic heterocycles. The van der Waals surface area contributed by atoms with Gasteiger partial charge in [-0.2, -0.15) is 0 Å². The summed E-state index contributed by atoms with van der Waals surface area (Å²) in [4.78, 5) is 0. The normalized spacial score (nSPS) is 11.9. The summed E-state index contributed by atoms with van der Waals surface area (Å²) in [7, 11) is -1.54. The summed E-state index contributed by atoms with van der Waals surface area (Å²) in [6.45, 7) is 0.865. The average Bonchev–Trinajstić information content (AvgIpc) is 2.11. The van der Waals surface area contributed by atoms with Crippen LogP contribution in [-0.4, -0.2) is 32.0 Å². The minimum absolute atomic E-state index is 0.385. The largest absolute Gasteiger partial charge is 0.340 e. The first kappa shape index (κ1) is 12.7. The molecule has 0 radical (unpaired) electrons. The maximum absolute atomic E-state index is 11.5. The van der Waals surface area contributed by atoms with Crippen LogP contribution in [0.2, 0.25) is 0 Å². The second kappa shape index (κ2) is 7.13. The molecule has 0 saturated carbocycles. The van der Waals surface area contributed by atoms with Gasteiger partial charge in [-0.15, -0.1) is 23.2 Å². The average molecular weight is 235 g/mol. The molecule has 0 aliphatic rings. The van der Waals surface area contributed by atoms with Gasteiger partial charge in [-0.05, 0) is 0 Å². The van der Waals surface area contributed by atoms with Crippen LogP contribution in [-0.2, 0) is 9.09 Å². The topological polar surface area (TPSA) is 50.4 Å². The van der Waals surface area contributed by atoms with Crippen molar-refractivity contribution in [2.45, 2.75) is 0 Å². The molecule has 0 amide bonds. The van der Waals surface area contributed by atoms with Gasteiger partial charge in [0.05, 0.1) is 0 Å². The highest BCUT2D eigenvalue weighted by Gasteiger charge is 2.18. The molecule has 0 aliphatic carbocycles. The van der Waals surface area contributed by atoms with E-state index in [1.165, 1.54) is 7.11 Å². The van der Waals surface area contributed by atoms with E-state index in [0.29, 0.717) is 24.8 Å². The SMILES string of the molecule is COP(=O)(NCCCl)NCCCl. The Hall–Kier alpha value is 0.690. The van der Waals surface area contributed by atoms with E-state index >= 15 is 0 Å². The van der Waals surface area contributed by atoms with Crippen LogP contribution in [0.15, 0.2) is 0 Å². The Kier molecular flexibility index (Phi) is 7.54. The lowest BCUT2D eigenvalue weighted by Crippen LogP contribution is -2.26. The molecule has 0 rings (SSSR count). The quantitative estimate of drug-likeness (QED) is 0.517. The molecule has 0 aromatic carbocycles. The Balaban J connectivity index is 3.79. The van der Waals surface area contributed by atoms with Crippen LogP contribution in [0.4, 0.5) is 0 Å². The maximum Gasteiger partial charge on any atom is 0.340 e. The van der Waals surface area contributed by atoms with Crippen molar-refractivity contribution in [2.24, 2.45) is 0 Å². The predicted molar refractivity (Wildman–Crippen MR) is 52.1 cm³/mol. The van der Waals surface area contributed by atoms with E-state index in [-0.39, 0.29) is 0 Å². The minimum Gasteiger partial charge on any atom is -0.310 e. The number of hydrogen-bond acceptors (Lipinski definition) is 2. The van der Waals surface area contributed by atoms with Crippen LogP contribution in [0.5, 0.6) is 0 Å². The van der Waals surface area contributed by atoms with Gasteiger partial charge in [-0.25, -0.2) is 10.2 Å². The van der Waals surface area contributed by atoms with Crippen molar-refractivity contribution in [2.75, 3.05) is 32.0 Å². The molecular formula is C5H13Cl2N2O2P. The molecule has 0 saturated heterocycles. The zero-order valence-electron chi connectivity index (χ0n) is 6.85. The van der Waals surface area contributed by atoms with E-state index in [1.807, 2.05) is 0 Å². The Morgan fingerprint density at radius 2 is 1.67 bits per heavy atom.